The van der Waals surface area contributed by atoms with Gasteiger partial charge in [-0.05, 0) is 6.07 Å². The Morgan fingerprint density at radius 3 is 2.81 bits per heavy atom. The van der Waals surface area contributed by atoms with Gasteiger partial charge in [-0.2, -0.15) is 5.10 Å². The van der Waals surface area contributed by atoms with Crippen LogP contribution in [0.5, 0.6) is 5.75 Å². The molecule has 1 aromatic heterocycles. The number of ether oxygens (including phenoxy) is 2. The van der Waals surface area contributed by atoms with E-state index in [1.165, 1.54) is 30.1 Å². The Morgan fingerprint density at radius 1 is 1.37 bits per heavy atom. The maximum absolute atomic E-state index is 12.5. The molecule has 10 heteroatoms. The highest BCUT2D eigenvalue weighted by Gasteiger charge is 2.19. The Kier molecular flexibility index (Phi) is 5.82. The second-order valence-electron chi connectivity index (χ2n) is 5.95. The Labute approximate surface area is 161 Å². The van der Waals surface area contributed by atoms with Crippen LogP contribution in [0, 0.1) is 0 Å². The van der Waals surface area contributed by atoms with Crippen molar-refractivity contribution in [3.8, 4) is 5.75 Å². The van der Waals surface area contributed by atoms with Crippen LogP contribution >= 0.6 is 11.6 Å². The molecule has 0 radical (unpaired) electrons. The number of anilines is 2. The molecule has 0 atom stereocenters. The van der Waals surface area contributed by atoms with Crippen LogP contribution in [0.25, 0.3) is 0 Å². The van der Waals surface area contributed by atoms with Crippen molar-refractivity contribution >= 4 is 34.8 Å². The number of morpholine rings is 1. The highest BCUT2D eigenvalue weighted by Crippen LogP contribution is 2.29. The van der Waals surface area contributed by atoms with E-state index in [-0.39, 0.29) is 23.0 Å². The normalized spacial score (nSPS) is 14.1. The van der Waals surface area contributed by atoms with E-state index < -0.39 is 5.91 Å². The van der Waals surface area contributed by atoms with Crippen LogP contribution < -0.4 is 15.8 Å². The van der Waals surface area contributed by atoms with Gasteiger partial charge in [-0.15, -0.1) is 0 Å². The number of nitrogens with zero attached hydrogens (tertiary/aromatic N) is 3. The van der Waals surface area contributed by atoms with E-state index in [0.717, 1.165) is 0 Å². The minimum absolute atomic E-state index is 0.0498. The first-order valence-electron chi connectivity index (χ1n) is 8.30. The maximum atomic E-state index is 12.5. The Morgan fingerprint density at radius 2 is 2.11 bits per heavy atom. The second-order valence-corrected chi connectivity index (χ2v) is 6.36. The second kappa shape index (κ2) is 8.28. The molecule has 27 heavy (non-hydrogen) atoms. The van der Waals surface area contributed by atoms with Crippen molar-refractivity contribution in [3.63, 3.8) is 0 Å². The summed E-state index contributed by atoms with van der Waals surface area (Å²) in [5.74, 6) is -0.164. The Balaban J connectivity index is 1.66. The van der Waals surface area contributed by atoms with Gasteiger partial charge in [-0.1, -0.05) is 11.6 Å². The van der Waals surface area contributed by atoms with Gasteiger partial charge in [0.2, 0.25) is 5.91 Å². The predicted molar refractivity (Wildman–Crippen MR) is 100.0 cm³/mol. The fourth-order valence-electron chi connectivity index (χ4n) is 2.68. The average Bonchev–Trinajstić information content (AvgIpc) is 3.10. The number of halogens is 1. The molecule has 1 aliphatic rings. The summed E-state index contributed by atoms with van der Waals surface area (Å²) in [6.07, 6.45) is 3.05. The number of hydrogen-bond acceptors (Lipinski definition) is 6. The number of methoxy groups -OCH3 is 1. The molecule has 9 nitrogen and oxygen atoms in total. The van der Waals surface area contributed by atoms with Crippen molar-refractivity contribution in [3.05, 3.63) is 35.1 Å². The van der Waals surface area contributed by atoms with E-state index in [4.69, 9.17) is 26.8 Å². The SMILES string of the molecule is COc1cc(N)c(Cl)cc1C(=O)Nc1cnn(CC(=O)N2CCOCC2)c1. The van der Waals surface area contributed by atoms with Crippen molar-refractivity contribution < 1.29 is 19.1 Å². The number of benzene rings is 1. The van der Waals surface area contributed by atoms with Gasteiger partial charge in [-0.3, -0.25) is 14.3 Å². The van der Waals surface area contributed by atoms with E-state index in [2.05, 4.69) is 10.4 Å². The number of hydrogen-bond donors (Lipinski definition) is 2. The van der Waals surface area contributed by atoms with E-state index >= 15 is 0 Å². The van der Waals surface area contributed by atoms with E-state index in [9.17, 15) is 9.59 Å². The third-order valence-corrected chi connectivity index (χ3v) is 4.44. The average molecular weight is 394 g/mol. The number of nitrogens with one attached hydrogen (secondary N) is 1. The van der Waals surface area contributed by atoms with Crippen molar-refractivity contribution in [1.29, 1.82) is 0 Å². The van der Waals surface area contributed by atoms with Crippen molar-refractivity contribution in [2.45, 2.75) is 6.54 Å². The largest absolute Gasteiger partial charge is 0.496 e. The lowest BCUT2D eigenvalue weighted by atomic mass is 10.1. The molecule has 2 aromatic rings. The highest BCUT2D eigenvalue weighted by molar-refractivity contribution is 6.33. The summed E-state index contributed by atoms with van der Waals surface area (Å²) in [6.45, 7) is 2.31. The maximum Gasteiger partial charge on any atom is 0.259 e. The zero-order valence-corrected chi connectivity index (χ0v) is 15.5. The molecule has 1 aromatic carbocycles. The van der Waals surface area contributed by atoms with Crippen LogP contribution in [0.1, 0.15) is 10.4 Å². The number of nitrogens with two attached hydrogens (primary N) is 1. The van der Waals surface area contributed by atoms with Crippen LogP contribution in [0.15, 0.2) is 24.5 Å². The first-order chi connectivity index (χ1) is 13.0. The molecule has 3 rings (SSSR count). The Bertz CT molecular complexity index is 848. The van der Waals surface area contributed by atoms with Crippen LogP contribution in [0.4, 0.5) is 11.4 Å². The molecule has 0 spiro atoms. The summed E-state index contributed by atoms with van der Waals surface area (Å²) in [5, 5.41) is 7.08. The van der Waals surface area contributed by atoms with Gasteiger partial charge in [0.05, 0.1) is 48.5 Å². The first-order valence-corrected chi connectivity index (χ1v) is 8.68. The zero-order chi connectivity index (χ0) is 19.4. The van der Waals surface area contributed by atoms with Gasteiger partial charge in [0.15, 0.2) is 0 Å². The first kappa shape index (κ1) is 19.0. The number of carbonyl (C=O) groups excluding carboxylic acids is 2. The molecule has 0 aliphatic carbocycles. The fraction of sp³-hybridized carbons (Fsp3) is 0.353. The van der Waals surface area contributed by atoms with Crippen molar-refractivity contribution in [1.82, 2.24) is 14.7 Å². The van der Waals surface area contributed by atoms with Gasteiger partial charge >= 0.3 is 0 Å². The number of nitrogen functional groups attached to an aromatic ring is 1. The van der Waals surface area contributed by atoms with E-state index in [0.29, 0.717) is 43.4 Å². The standard InChI is InChI=1S/C17H20ClN5O4/c1-26-15-7-14(19)13(18)6-12(15)17(25)21-11-8-20-23(9-11)10-16(24)22-2-4-27-5-3-22/h6-9H,2-5,10,19H2,1H3,(H,21,25). The molecule has 0 saturated carbocycles. The zero-order valence-electron chi connectivity index (χ0n) is 14.8. The number of carbonyl (C=O) groups is 2. The Hall–Kier alpha value is -2.78. The van der Waals surface area contributed by atoms with Gasteiger partial charge in [0.25, 0.3) is 5.91 Å². The summed E-state index contributed by atoms with van der Waals surface area (Å²) in [5.41, 5.74) is 6.74. The van der Waals surface area contributed by atoms with Crippen molar-refractivity contribution in [2.75, 3.05) is 44.5 Å². The summed E-state index contributed by atoms with van der Waals surface area (Å²) in [4.78, 5) is 26.5. The molecule has 1 saturated heterocycles. The summed E-state index contributed by atoms with van der Waals surface area (Å²) in [7, 11) is 1.44. The summed E-state index contributed by atoms with van der Waals surface area (Å²) >= 11 is 6.00. The van der Waals surface area contributed by atoms with Crippen LogP contribution in [-0.4, -0.2) is 59.9 Å². The molecule has 3 N–H and O–H groups in total. The number of rotatable bonds is 5. The van der Waals surface area contributed by atoms with Gasteiger partial charge in [-0.25, -0.2) is 0 Å². The molecule has 1 fully saturated rings. The molecule has 1 aliphatic heterocycles. The molecule has 0 bridgehead atoms. The summed E-state index contributed by atoms with van der Waals surface area (Å²) in [6, 6.07) is 2.93. The molecule has 2 amide bonds. The topological polar surface area (TPSA) is 112 Å². The summed E-state index contributed by atoms with van der Waals surface area (Å²) < 4.78 is 11.9. The van der Waals surface area contributed by atoms with E-state index in [1.54, 1.807) is 11.1 Å². The highest BCUT2D eigenvalue weighted by atomic mass is 35.5. The van der Waals surface area contributed by atoms with Gasteiger partial charge in [0, 0.05) is 25.4 Å². The lowest BCUT2D eigenvalue weighted by Gasteiger charge is -2.26. The molecule has 2 heterocycles. The molecule has 144 valence electrons. The third-order valence-electron chi connectivity index (χ3n) is 4.12. The number of amides is 2. The lowest BCUT2D eigenvalue weighted by Crippen LogP contribution is -2.42. The third kappa shape index (κ3) is 4.50. The van der Waals surface area contributed by atoms with Crippen LogP contribution in [-0.2, 0) is 16.1 Å². The minimum atomic E-state index is -0.423. The molecular formula is C17H20ClN5O4. The fourth-order valence-corrected chi connectivity index (χ4v) is 2.84. The van der Waals surface area contributed by atoms with E-state index in [1.807, 2.05) is 0 Å². The number of aromatic nitrogens is 2. The monoisotopic (exact) mass is 393 g/mol. The molecular weight excluding hydrogens is 374 g/mol. The predicted octanol–water partition coefficient (Wildman–Crippen LogP) is 1.24. The van der Waals surface area contributed by atoms with Crippen LogP contribution in [0.3, 0.4) is 0 Å². The van der Waals surface area contributed by atoms with Gasteiger partial charge in [0.1, 0.15) is 12.3 Å². The lowest BCUT2D eigenvalue weighted by molar-refractivity contribution is -0.136. The smallest absolute Gasteiger partial charge is 0.259 e. The van der Waals surface area contributed by atoms with Gasteiger partial charge < -0.3 is 25.4 Å². The van der Waals surface area contributed by atoms with Crippen LogP contribution in [0.2, 0.25) is 5.02 Å². The minimum Gasteiger partial charge on any atom is -0.496 e. The quantitative estimate of drug-likeness (QED) is 0.739. The van der Waals surface area contributed by atoms with Crippen molar-refractivity contribution in [2.24, 2.45) is 0 Å². The molecule has 0 unspecified atom stereocenters.